The van der Waals surface area contributed by atoms with E-state index in [9.17, 15) is 13.2 Å². The van der Waals surface area contributed by atoms with Crippen molar-refractivity contribution in [1.29, 1.82) is 0 Å². The number of amides is 1. The number of benzene rings is 2. The Labute approximate surface area is 183 Å². The molecule has 0 bridgehead atoms. The van der Waals surface area contributed by atoms with Gasteiger partial charge in [0.2, 0.25) is 10.0 Å². The number of carbonyl (C=O) groups excluding carboxylic acids is 1. The van der Waals surface area contributed by atoms with Gasteiger partial charge in [0, 0.05) is 0 Å². The van der Waals surface area contributed by atoms with Gasteiger partial charge in [-0.1, -0.05) is 24.8 Å². The summed E-state index contributed by atoms with van der Waals surface area (Å²) in [5.74, 6) is 0.497. The summed E-state index contributed by atoms with van der Waals surface area (Å²) in [5, 5.41) is 3.92. The molecule has 9 heteroatoms. The highest BCUT2D eigenvalue weighted by Crippen LogP contribution is 2.27. The molecule has 0 spiro atoms. The van der Waals surface area contributed by atoms with Crippen molar-refractivity contribution < 1.29 is 22.7 Å². The lowest BCUT2D eigenvalue weighted by atomic mass is 10.1. The number of aryl methyl sites for hydroxylation is 1. The highest BCUT2D eigenvalue weighted by Gasteiger charge is 2.22. The number of ether oxygens (including phenoxy) is 2. The van der Waals surface area contributed by atoms with Gasteiger partial charge in [0.15, 0.2) is 11.5 Å². The highest BCUT2D eigenvalue weighted by molar-refractivity contribution is 7.92. The maximum atomic E-state index is 12.4. The molecule has 0 radical (unpaired) electrons. The first-order valence-corrected chi connectivity index (χ1v) is 11.3. The summed E-state index contributed by atoms with van der Waals surface area (Å²) in [4.78, 5) is 12.4. The Hall–Kier alpha value is -3.33. The van der Waals surface area contributed by atoms with Gasteiger partial charge in [0.05, 0.1) is 25.3 Å². The zero-order valence-electron chi connectivity index (χ0n) is 18.1. The summed E-state index contributed by atoms with van der Waals surface area (Å²) < 4.78 is 36.4. The van der Waals surface area contributed by atoms with Gasteiger partial charge in [-0.15, -0.1) is 0 Å². The minimum Gasteiger partial charge on any atom is -0.493 e. The van der Waals surface area contributed by atoms with E-state index in [1.54, 1.807) is 36.4 Å². The highest BCUT2D eigenvalue weighted by atomic mass is 32.2. The molecule has 1 amide bonds. The molecule has 0 atom stereocenters. The molecular weight excluding hydrogens is 418 g/mol. The fourth-order valence-electron chi connectivity index (χ4n) is 2.76. The van der Waals surface area contributed by atoms with Crippen LogP contribution in [0.3, 0.4) is 0 Å². The van der Waals surface area contributed by atoms with Crippen LogP contribution in [0.4, 0.5) is 5.69 Å². The molecule has 0 fully saturated rings. The topological polar surface area (TPSA) is 97.3 Å². The van der Waals surface area contributed by atoms with Crippen LogP contribution in [0.5, 0.6) is 11.5 Å². The molecule has 0 aliphatic rings. The molecule has 8 nitrogen and oxygen atoms in total. The maximum absolute atomic E-state index is 12.4. The van der Waals surface area contributed by atoms with E-state index in [2.05, 4.69) is 17.1 Å². The van der Waals surface area contributed by atoms with Crippen molar-refractivity contribution in [2.24, 2.45) is 5.10 Å². The lowest BCUT2D eigenvalue weighted by molar-refractivity contribution is -0.119. The van der Waals surface area contributed by atoms with E-state index in [0.717, 1.165) is 21.7 Å². The predicted octanol–water partition coefficient (Wildman–Crippen LogP) is 2.79. The van der Waals surface area contributed by atoms with Gasteiger partial charge in [-0.05, 0) is 54.8 Å². The van der Waals surface area contributed by atoms with Crippen LogP contribution in [0.25, 0.3) is 0 Å². The van der Waals surface area contributed by atoms with Crippen molar-refractivity contribution in [2.75, 3.05) is 30.8 Å². The molecule has 0 aromatic heterocycles. The molecule has 31 heavy (non-hydrogen) atoms. The molecule has 0 aliphatic heterocycles. The number of hydrogen-bond acceptors (Lipinski definition) is 6. The molecule has 0 unspecified atom stereocenters. The second-order valence-corrected chi connectivity index (χ2v) is 8.70. The Bertz CT molecular complexity index is 1080. The normalized spacial score (nSPS) is 11.2. The SMILES string of the molecule is C=CCOc1ccc(/C=N/NC(=O)CN(c2cccc(C)c2C)S(C)(=O)=O)cc1OC. The number of anilines is 1. The first-order valence-electron chi connectivity index (χ1n) is 9.45. The monoisotopic (exact) mass is 445 g/mol. The van der Waals surface area contributed by atoms with Crippen LogP contribution >= 0.6 is 0 Å². The summed E-state index contributed by atoms with van der Waals surface area (Å²) in [6, 6.07) is 10.5. The molecule has 2 aromatic carbocycles. The third-order valence-electron chi connectivity index (χ3n) is 4.48. The van der Waals surface area contributed by atoms with Crippen LogP contribution in [-0.4, -0.2) is 47.1 Å². The Kier molecular flexibility index (Phi) is 8.21. The largest absolute Gasteiger partial charge is 0.493 e. The van der Waals surface area contributed by atoms with Crippen LogP contribution < -0.4 is 19.2 Å². The Balaban J connectivity index is 2.11. The van der Waals surface area contributed by atoms with E-state index in [1.165, 1.54) is 13.3 Å². The summed E-state index contributed by atoms with van der Waals surface area (Å²) in [7, 11) is -2.15. The molecule has 2 rings (SSSR count). The molecule has 0 heterocycles. The zero-order valence-corrected chi connectivity index (χ0v) is 18.9. The Morgan fingerprint density at radius 1 is 1.23 bits per heavy atom. The first kappa shape index (κ1) is 23.9. The summed E-state index contributed by atoms with van der Waals surface area (Å²) in [5.41, 5.74) is 5.20. The van der Waals surface area contributed by atoms with Crippen LogP contribution in [-0.2, 0) is 14.8 Å². The standard InChI is InChI=1S/C22H27N3O5S/c1-6-12-30-20-11-10-18(13-21(20)29-4)14-23-24-22(26)15-25(31(5,27)28)19-9-7-8-16(2)17(19)3/h6-11,13-14H,1,12,15H2,2-5H3,(H,24,26)/b23-14+. The molecular formula is C22H27N3O5S. The number of carbonyl (C=O) groups is 1. The average Bonchev–Trinajstić information content (AvgIpc) is 2.72. The third kappa shape index (κ3) is 6.58. The number of sulfonamides is 1. The second kappa shape index (κ2) is 10.6. The number of nitrogens with zero attached hydrogens (tertiary/aromatic N) is 2. The van der Waals surface area contributed by atoms with Gasteiger partial charge < -0.3 is 9.47 Å². The van der Waals surface area contributed by atoms with Gasteiger partial charge in [-0.25, -0.2) is 13.8 Å². The molecule has 1 N–H and O–H groups in total. The minimum absolute atomic E-state index is 0.344. The lowest BCUT2D eigenvalue weighted by Crippen LogP contribution is -2.39. The molecule has 0 aliphatic carbocycles. The quantitative estimate of drug-likeness (QED) is 0.345. The van der Waals surface area contributed by atoms with E-state index in [4.69, 9.17) is 9.47 Å². The van der Waals surface area contributed by atoms with Crippen molar-refractivity contribution >= 4 is 27.8 Å². The number of methoxy groups -OCH3 is 1. The fraction of sp³-hybridized carbons (Fsp3) is 0.273. The molecule has 166 valence electrons. The Morgan fingerprint density at radius 3 is 2.61 bits per heavy atom. The van der Waals surface area contributed by atoms with Gasteiger partial charge in [0.25, 0.3) is 5.91 Å². The van der Waals surface area contributed by atoms with Gasteiger partial charge in [0.1, 0.15) is 13.2 Å². The minimum atomic E-state index is -3.67. The van der Waals surface area contributed by atoms with E-state index in [-0.39, 0.29) is 0 Å². The smallest absolute Gasteiger partial charge is 0.260 e. The second-order valence-electron chi connectivity index (χ2n) is 6.79. The maximum Gasteiger partial charge on any atom is 0.260 e. The fourth-order valence-corrected chi connectivity index (χ4v) is 3.67. The van der Waals surface area contributed by atoms with Crippen LogP contribution in [0.1, 0.15) is 16.7 Å². The zero-order chi connectivity index (χ0) is 23.0. The van der Waals surface area contributed by atoms with Crippen molar-refractivity contribution in [3.05, 3.63) is 65.7 Å². The van der Waals surface area contributed by atoms with Gasteiger partial charge in [-0.3, -0.25) is 9.10 Å². The molecule has 0 saturated carbocycles. The molecule has 0 saturated heterocycles. The third-order valence-corrected chi connectivity index (χ3v) is 5.61. The average molecular weight is 446 g/mol. The lowest BCUT2D eigenvalue weighted by Gasteiger charge is -2.23. The van der Waals surface area contributed by atoms with Crippen LogP contribution in [0, 0.1) is 13.8 Å². The summed E-state index contributed by atoms with van der Waals surface area (Å²) in [6.45, 7) is 7.25. The summed E-state index contributed by atoms with van der Waals surface area (Å²) >= 11 is 0. The van der Waals surface area contributed by atoms with Crippen LogP contribution in [0.2, 0.25) is 0 Å². The van der Waals surface area contributed by atoms with E-state index < -0.39 is 22.5 Å². The van der Waals surface area contributed by atoms with E-state index >= 15 is 0 Å². The van der Waals surface area contributed by atoms with Crippen molar-refractivity contribution in [2.45, 2.75) is 13.8 Å². The number of hydrazone groups is 1. The van der Waals surface area contributed by atoms with Gasteiger partial charge in [-0.2, -0.15) is 5.10 Å². The number of nitrogens with one attached hydrogen (secondary N) is 1. The van der Waals surface area contributed by atoms with Gasteiger partial charge >= 0.3 is 0 Å². The number of rotatable bonds is 10. The van der Waals surface area contributed by atoms with E-state index in [1.807, 2.05) is 19.9 Å². The summed E-state index contributed by atoms with van der Waals surface area (Å²) in [6.07, 6.45) is 4.12. The van der Waals surface area contributed by atoms with Crippen molar-refractivity contribution in [3.63, 3.8) is 0 Å². The first-order chi connectivity index (χ1) is 14.7. The van der Waals surface area contributed by atoms with E-state index in [0.29, 0.717) is 29.4 Å². The Morgan fingerprint density at radius 2 is 1.97 bits per heavy atom. The van der Waals surface area contributed by atoms with Crippen molar-refractivity contribution in [1.82, 2.24) is 5.43 Å². The molecule has 2 aromatic rings. The number of hydrogen-bond donors (Lipinski definition) is 1. The van der Waals surface area contributed by atoms with Crippen molar-refractivity contribution in [3.8, 4) is 11.5 Å². The predicted molar refractivity (Wildman–Crippen MR) is 123 cm³/mol. The van der Waals surface area contributed by atoms with Crippen LogP contribution in [0.15, 0.2) is 54.2 Å².